The van der Waals surface area contributed by atoms with Crippen molar-refractivity contribution < 1.29 is 32.6 Å². The van der Waals surface area contributed by atoms with E-state index in [4.69, 9.17) is 4.74 Å². The number of fused-ring (bicyclic) bond motifs is 3. The summed E-state index contributed by atoms with van der Waals surface area (Å²) in [6.45, 7) is 1.95. The Labute approximate surface area is 202 Å². The van der Waals surface area contributed by atoms with Gasteiger partial charge in [-0.1, -0.05) is 18.2 Å². The lowest BCUT2D eigenvalue weighted by Crippen LogP contribution is -2.36. The second-order valence-corrected chi connectivity index (χ2v) is 10.7. The largest absolute Gasteiger partial charge is 0.492 e. The van der Waals surface area contributed by atoms with Crippen molar-refractivity contribution in [2.75, 3.05) is 31.0 Å². The van der Waals surface area contributed by atoms with Crippen LogP contribution in [0.15, 0.2) is 41.3 Å². The van der Waals surface area contributed by atoms with Crippen LogP contribution in [0.5, 0.6) is 5.75 Å². The number of aliphatic hydroxyl groups is 1. The Morgan fingerprint density at radius 1 is 1.29 bits per heavy atom. The zero-order valence-electron chi connectivity index (χ0n) is 18.8. The standard InChI is InChI=1S/C24H26FN3O6S/c25-16-3-6-21(14(10-16)2-1-8-26-28-9-7-17(29)12-28)35(32,33)27-20-5-4-18-19-11-15(19)13-34-23(18)22(20)24(30)31/h1-6,10,15,17,19,26-27,29H,7-9,11-13H2,(H,30,31)/b2-1-/t15-,17-,19-/m0/s1. The van der Waals surface area contributed by atoms with Gasteiger partial charge in [-0.05, 0) is 54.2 Å². The molecule has 1 saturated carbocycles. The van der Waals surface area contributed by atoms with E-state index in [-0.39, 0.29) is 39.5 Å². The number of rotatable bonds is 8. The number of benzene rings is 2. The first-order valence-corrected chi connectivity index (χ1v) is 12.9. The third kappa shape index (κ3) is 4.90. The fourth-order valence-corrected chi connectivity index (χ4v) is 5.95. The van der Waals surface area contributed by atoms with E-state index >= 15 is 0 Å². The first-order chi connectivity index (χ1) is 16.7. The van der Waals surface area contributed by atoms with Gasteiger partial charge in [0.25, 0.3) is 10.0 Å². The van der Waals surface area contributed by atoms with Gasteiger partial charge in [0, 0.05) is 25.6 Å². The summed E-state index contributed by atoms with van der Waals surface area (Å²) in [6, 6.07) is 6.43. The summed E-state index contributed by atoms with van der Waals surface area (Å²) in [5, 5.41) is 21.3. The molecule has 186 valence electrons. The molecule has 0 unspecified atom stereocenters. The molecule has 2 aliphatic heterocycles. The van der Waals surface area contributed by atoms with Crippen molar-refractivity contribution in [3.05, 3.63) is 58.9 Å². The number of β-amino-alcohol motifs (C(OH)–C–C–N with tert-alkyl or cyclic N) is 1. The lowest BCUT2D eigenvalue weighted by Gasteiger charge is -2.21. The van der Waals surface area contributed by atoms with Crippen molar-refractivity contribution in [2.45, 2.75) is 29.8 Å². The third-order valence-electron chi connectivity index (χ3n) is 6.57. The van der Waals surface area contributed by atoms with Crippen LogP contribution in [0.1, 0.15) is 40.2 Å². The van der Waals surface area contributed by atoms with Gasteiger partial charge in [0.1, 0.15) is 17.1 Å². The first-order valence-electron chi connectivity index (χ1n) is 11.4. The monoisotopic (exact) mass is 503 g/mol. The Bertz CT molecular complexity index is 1300. The van der Waals surface area contributed by atoms with Crippen LogP contribution >= 0.6 is 0 Å². The molecule has 1 aliphatic carbocycles. The number of sulfonamides is 1. The Hall–Kier alpha value is -2.99. The lowest BCUT2D eigenvalue weighted by molar-refractivity contribution is 0.0692. The second kappa shape index (κ2) is 9.23. The van der Waals surface area contributed by atoms with Gasteiger partial charge >= 0.3 is 5.97 Å². The SMILES string of the molecule is O=C(O)c1c(NS(=O)(=O)c2ccc(F)cc2/C=C\CNN2CC[C@H](O)C2)ccc2c1OC[C@@H]1C[C@H]21. The van der Waals surface area contributed by atoms with Gasteiger partial charge in [-0.25, -0.2) is 22.6 Å². The predicted octanol–water partition coefficient (Wildman–Crippen LogP) is 2.41. The van der Waals surface area contributed by atoms with Gasteiger partial charge in [0.05, 0.1) is 23.3 Å². The molecule has 0 radical (unpaired) electrons. The van der Waals surface area contributed by atoms with Gasteiger partial charge in [-0.3, -0.25) is 10.1 Å². The number of hydrazine groups is 1. The van der Waals surface area contributed by atoms with Crippen LogP contribution in [0.2, 0.25) is 0 Å². The summed E-state index contributed by atoms with van der Waals surface area (Å²) in [4.78, 5) is 11.9. The summed E-state index contributed by atoms with van der Waals surface area (Å²) < 4.78 is 48.6. The summed E-state index contributed by atoms with van der Waals surface area (Å²) in [5.41, 5.74) is 3.66. The van der Waals surface area contributed by atoms with Crippen LogP contribution in [-0.4, -0.2) is 62.0 Å². The van der Waals surface area contributed by atoms with Crippen molar-refractivity contribution in [1.29, 1.82) is 0 Å². The number of ether oxygens (including phenoxy) is 1. The molecule has 4 N–H and O–H groups in total. The fourth-order valence-electron chi connectivity index (χ4n) is 4.69. The Kier molecular flexibility index (Phi) is 6.26. The number of nitrogens with zero attached hydrogens (tertiary/aromatic N) is 1. The maximum Gasteiger partial charge on any atom is 0.341 e. The van der Waals surface area contributed by atoms with Gasteiger partial charge in [-0.15, -0.1) is 0 Å². The highest BCUT2D eigenvalue weighted by Gasteiger charge is 2.45. The molecular formula is C24H26FN3O6S. The zero-order valence-corrected chi connectivity index (χ0v) is 19.6. The van der Waals surface area contributed by atoms with Crippen molar-refractivity contribution in [3.63, 3.8) is 0 Å². The molecule has 0 amide bonds. The molecule has 2 fully saturated rings. The van der Waals surface area contributed by atoms with E-state index in [2.05, 4.69) is 10.1 Å². The summed E-state index contributed by atoms with van der Waals surface area (Å²) in [7, 11) is -4.26. The normalized spacial score (nSPS) is 23.5. The van der Waals surface area contributed by atoms with Gasteiger partial charge in [0.2, 0.25) is 0 Å². The number of hydrogen-bond acceptors (Lipinski definition) is 7. The highest BCUT2D eigenvalue weighted by atomic mass is 32.2. The quantitative estimate of drug-likeness (QED) is 0.433. The van der Waals surface area contributed by atoms with E-state index < -0.39 is 21.8 Å². The average molecular weight is 504 g/mol. The number of carboxylic acid groups (broad SMARTS) is 1. The topological polar surface area (TPSA) is 128 Å². The number of carboxylic acids is 1. The molecule has 5 rings (SSSR count). The lowest BCUT2D eigenvalue weighted by atomic mass is 10.0. The van der Waals surface area contributed by atoms with Crippen LogP contribution in [0, 0.1) is 11.7 Å². The molecule has 2 heterocycles. The Morgan fingerprint density at radius 2 is 2.11 bits per heavy atom. The number of aliphatic hydroxyl groups excluding tert-OH is 1. The van der Waals surface area contributed by atoms with Gasteiger partial charge in [-0.2, -0.15) is 0 Å². The molecular weight excluding hydrogens is 477 g/mol. The van der Waals surface area contributed by atoms with E-state index in [1.807, 2.05) is 5.01 Å². The predicted molar refractivity (Wildman–Crippen MR) is 126 cm³/mol. The number of hydrogen-bond donors (Lipinski definition) is 4. The molecule has 11 heteroatoms. The molecule has 2 aromatic carbocycles. The zero-order chi connectivity index (χ0) is 24.7. The van der Waals surface area contributed by atoms with Crippen LogP contribution < -0.4 is 14.9 Å². The highest BCUT2D eigenvalue weighted by molar-refractivity contribution is 7.92. The molecule has 35 heavy (non-hydrogen) atoms. The minimum Gasteiger partial charge on any atom is -0.492 e. The number of carbonyl (C=O) groups is 1. The maximum atomic E-state index is 14.0. The number of nitrogens with one attached hydrogen (secondary N) is 2. The van der Waals surface area contributed by atoms with E-state index in [0.29, 0.717) is 38.6 Å². The van der Waals surface area contributed by atoms with E-state index in [1.54, 1.807) is 12.1 Å². The first kappa shape index (κ1) is 23.7. The van der Waals surface area contributed by atoms with E-state index in [1.165, 1.54) is 12.1 Å². The smallest absolute Gasteiger partial charge is 0.341 e. The highest BCUT2D eigenvalue weighted by Crippen LogP contribution is 2.55. The van der Waals surface area contributed by atoms with Crippen LogP contribution in [0.25, 0.3) is 6.08 Å². The van der Waals surface area contributed by atoms with Crippen molar-refractivity contribution in [1.82, 2.24) is 10.4 Å². The van der Waals surface area contributed by atoms with Crippen LogP contribution in [0.3, 0.4) is 0 Å². The second-order valence-electron chi connectivity index (χ2n) is 9.07. The number of anilines is 1. The van der Waals surface area contributed by atoms with Crippen LogP contribution in [-0.2, 0) is 10.0 Å². The summed E-state index contributed by atoms with van der Waals surface area (Å²) in [6.07, 6.45) is 4.35. The minimum absolute atomic E-state index is 0.108. The Balaban J connectivity index is 1.39. The molecule has 1 saturated heterocycles. The molecule has 2 aromatic rings. The molecule has 0 aromatic heterocycles. The summed E-state index contributed by atoms with van der Waals surface area (Å²) >= 11 is 0. The maximum absolute atomic E-state index is 14.0. The summed E-state index contributed by atoms with van der Waals surface area (Å²) in [5.74, 6) is -1.07. The minimum atomic E-state index is -4.26. The molecule has 3 aliphatic rings. The van der Waals surface area contributed by atoms with Gasteiger partial charge < -0.3 is 14.9 Å². The van der Waals surface area contributed by atoms with Crippen LogP contribution in [0.4, 0.5) is 10.1 Å². The van der Waals surface area contributed by atoms with Gasteiger partial charge in [0.15, 0.2) is 0 Å². The van der Waals surface area contributed by atoms with E-state index in [9.17, 15) is 27.8 Å². The molecule has 3 atom stereocenters. The fraction of sp³-hybridized carbons (Fsp3) is 0.375. The van der Waals surface area contributed by atoms with Crippen molar-refractivity contribution in [2.24, 2.45) is 5.92 Å². The van der Waals surface area contributed by atoms with Crippen molar-refractivity contribution in [3.8, 4) is 5.75 Å². The molecule has 0 spiro atoms. The third-order valence-corrected chi connectivity index (χ3v) is 8.00. The number of aromatic carboxylic acids is 1. The molecule has 9 nitrogen and oxygen atoms in total. The average Bonchev–Trinajstić information content (AvgIpc) is 3.49. The Morgan fingerprint density at radius 3 is 2.86 bits per heavy atom. The molecule has 0 bridgehead atoms. The number of halogens is 1. The van der Waals surface area contributed by atoms with E-state index in [0.717, 1.165) is 30.2 Å². The van der Waals surface area contributed by atoms with Crippen molar-refractivity contribution >= 4 is 27.8 Å².